The monoisotopic (exact) mass is 354 g/mol. The van der Waals surface area contributed by atoms with Gasteiger partial charge in [0.25, 0.3) is 0 Å². The molecule has 0 saturated carbocycles. The average Bonchev–Trinajstić information content (AvgIpc) is 3.22. The van der Waals surface area contributed by atoms with E-state index in [1.807, 2.05) is 18.2 Å². The van der Waals surface area contributed by atoms with Gasteiger partial charge < -0.3 is 9.47 Å². The van der Waals surface area contributed by atoms with Gasteiger partial charge in [-0.25, -0.2) is 9.97 Å². The number of hydrazone groups is 1. The molecule has 1 aromatic carbocycles. The van der Waals surface area contributed by atoms with Crippen molar-refractivity contribution in [1.82, 2.24) is 9.97 Å². The molecule has 0 fully saturated rings. The molecule has 0 spiro atoms. The maximum atomic E-state index is 5.31. The molecule has 4 rings (SSSR count). The SMILES string of the molecule is COc1ccc(/C=N\Nc2ncnc3sc4c(c23)CCC4)cc1OC. The molecule has 3 aromatic rings. The van der Waals surface area contributed by atoms with Crippen molar-refractivity contribution in [3.8, 4) is 11.5 Å². The van der Waals surface area contributed by atoms with Crippen LogP contribution in [0.1, 0.15) is 22.4 Å². The van der Waals surface area contributed by atoms with Crippen molar-refractivity contribution in [1.29, 1.82) is 0 Å². The number of hydrogen-bond acceptors (Lipinski definition) is 7. The third-order valence-electron chi connectivity index (χ3n) is 4.29. The third-order valence-corrected chi connectivity index (χ3v) is 5.49. The fraction of sp³-hybridized carbons (Fsp3) is 0.278. The summed E-state index contributed by atoms with van der Waals surface area (Å²) in [5.41, 5.74) is 5.36. The van der Waals surface area contributed by atoms with E-state index in [1.165, 1.54) is 16.9 Å². The van der Waals surface area contributed by atoms with Crippen LogP contribution in [0.3, 0.4) is 0 Å². The molecule has 0 unspecified atom stereocenters. The summed E-state index contributed by atoms with van der Waals surface area (Å²) in [7, 11) is 3.23. The Kier molecular flexibility index (Phi) is 4.23. The molecule has 1 aliphatic carbocycles. The molecule has 0 saturated heterocycles. The molecule has 1 N–H and O–H groups in total. The first-order valence-electron chi connectivity index (χ1n) is 8.06. The number of aryl methyl sites for hydroxylation is 2. The summed E-state index contributed by atoms with van der Waals surface area (Å²) in [6, 6.07) is 5.65. The van der Waals surface area contributed by atoms with Crippen LogP contribution in [0.5, 0.6) is 11.5 Å². The number of benzene rings is 1. The highest BCUT2D eigenvalue weighted by Gasteiger charge is 2.20. The topological polar surface area (TPSA) is 68.6 Å². The van der Waals surface area contributed by atoms with Gasteiger partial charge in [-0.3, -0.25) is 5.43 Å². The van der Waals surface area contributed by atoms with Crippen LogP contribution in [0.15, 0.2) is 29.6 Å². The first-order valence-corrected chi connectivity index (χ1v) is 8.88. The van der Waals surface area contributed by atoms with Crippen molar-refractivity contribution >= 4 is 33.6 Å². The Balaban J connectivity index is 1.59. The lowest BCUT2D eigenvalue weighted by atomic mass is 10.2. The highest BCUT2D eigenvalue weighted by molar-refractivity contribution is 7.19. The Hall–Kier alpha value is -2.67. The number of rotatable bonds is 5. The van der Waals surface area contributed by atoms with Crippen molar-refractivity contribution in [2.45, 2.75) is 19.3 Å². The van der Waals surface area contributed by atoms with Crippen LogP contribution >= 0.6 is 11.3 Å². The number of hydrogen-bond donors (Lipinski definition) is 1. The summed E-state index contributed by atoms with van der Waals surface area (Å²) < 4.78 is 10.6. The lowest BCUT2D eigenvalue weighted by Gasteiger charge is -2.07. The zero-order valence-corrected chi connectivity index (χ0v) is 14.9. The normalized spacial score (nSPS) is 13.4. The Morgan fingerprint density at radius 2 is 2.04 bits per heavy atom. The molecule has 1 aliphatic rings. The molecule has 25 heavy (non-hydrogen) atoms. The zero-order chi connectivity index (χ0) is 17.2. The molecular weight excluding hydrogens is 336 g/mol. The molecule has 0 radical (unpaired) electrons. The van der Waals surface area contributed by atoms with Gasteiger partial charge in [-0.2, -0.15) is 5.10 Å². The van der Waals surface area contributed by atoms with Gasteiger partial charge in [0.15, 0.2) is 17.3 Å². The number of nitrogens with zero attached hydrogens (tertiary/aromatic N) is 3. The molecule has 0 aliphatic heterocycles. The van der Waals surface area contributed by atoms with Crippen LogP contribution in [-0.2, 0) is 12.8 Å². The number of anilines is 1. The van der Waals surface area contributed by atoms with E-state index >= 15 is 0 Å². The molecule has 128 valence electrons. The van der Waals surface area contributed by atoms with E-state index in [-0.39, 0.29) is 0 Å². The molecule has 0 bridgehead atoms. The number of aromatic nitrogens is 2. The predicted molar refractivity (Wildman–Crippen MR) is 100 cm³/mol. The fourth-order valence-electron chi connectivity index (χ4n) is 3.11. The van der Waals surface area contributed by atoms with E-state index in [2.05, 4.69) is 20.5 Å². The van der Waals surface area contributed by atoms with E-state index in [0.717, 1.165) is 34.4 Å². The van der Waals surface area contributed by atoms with Crippen molar-refractivity contribution in [2.24, 2.45) is 5.10 Å². The van der Waals surface area contributed by atoms with Crippen LogP contribution in [0, 0.1) is 0 Å². The summed E-state index contributed by atoms with van der Waals surface area (Å²) >= 11 is 1.77. The molecule has 2 aromatic heterocycles. The quantitative estimate of drug-likeness (QED) is 0.559. The zero-order valence-electron chi connectivity index (χ0n) is 14.1. The number of nitrogens with one attached hydrogen (secondary N) is 1. The predicted octanol–water partition coefficient (Wildman–Crippen LogP) is 3.64. The third kappa shape index (κ3) is 2.91. The lowest BCUT2D eigenvalue weighted by molar-refractivity contribution is 0.355. The first-order chi connectivity index (χ1) is 12.3. The Bertz CT molecular complexity index is 952. The smallest absolute Gasteiger partial charge is 0.161 e. The van der Waals surface area contributed by atoms with Crippen LogP contribution in [-0.4, -0.2) is 30.4 Å². The Morgan fingerprint density at radius 1 is 1.16 bits per heavy atom. The second-order valence-electron chi connectivity index (χ2n) is 5.74. The lowest BCUT2D eigenvalue weighted by Crippen LogP contribution is -1.97. The molecule has 2 heterocycles. The summed E-state index contributed by atoms with van der Waals surface area (Å²) in [6.45, 7) is 0. The van der Waals surface area contributed by atoms with Gasteiger partial charge in [-0.15, -0.1) is 11.3 Å². The minimum absolute atomic E-state index is 0.673. The number of ether oxygens (including phenoxy) is 2. The van der Waals surface area contributed by atoms with E-state index in [9.17, 15) is 0 Å². The summed E-state index contributed by atoms with van der Waals surface area (Å²) in [5, 5.41) is 5.46. The fourth-order valence-corrected chi connectivity index (χ4v) is 4.34. The summed E-state index contributed by atoms with van der Waals surface area (Å²) in [4.78, 5) is 11.2. The second kappa shape index (κ2) is 6.68. The van der Waals surface area contributed by atoms with Crippen molar-refractivity contribution < 1.29 is 9.47 Å². The van der Waals surface area contributed by atoms with Crippen molar-refractivity contribution in [3.05, 3.63) is 40.5 Å². The highest BCUT2D eigenvalue weighted by atomic mass is 32.1. The molecule has 7 heteroatoms. The van der Waals surface area contributed by atoms with Gasteiger partial charge >= 0.3 is 0 Å². The van der Waals surface area contributed by atoms with E-state index in [0.29, 0.717) is 11.5 Å². The van der Waals surface area contributed by atoms with Gasteiger partial charge in [0, 0.05) is 4.88 Å². The van der Waals surface area contributed by atoms with Crippen LogP contribution < -0.4 is 14.9 Å². The Morgan fingerprint density at radius 3 is 2.88 bits per heavy atom. The van der Waals surface area contributed by atoms with Crippen LogP contribution in [0.2, 0.25) is 0 Å². The second-order valence-corrected chi connectivity index (χ2v) is 6.83. The van der Waals surface area contributed by atoms with Gasteiger partial charge in [-0.05, 0) is 48.6 Å². The van der Waals surface area contributed by atoms with Crippen LogP contribution in [0.4, 0.5) is 5.82 Å². The number of fused-ring (bicyclic) bond motifs is 3. The van der Waals surface area contributed by atoms with E-state index in [1.54, 1.807) is 38.1 Å². The van der Waals surface area contributed by atoms with Gasteiger partial charge in [0.2, 0.25) is 0 Å². The maximum absolute atomic E-state index is 5.31. The molecule has 0 atom stereocenters. The summed E-state index contributed by atoms with van der Waals surface area (Å²) in [5.74, 6) is 2.13. The molecule has 6 nitrogen and oxygen atoms in total. The van der Waals surface area contributed by atoms with Gasteiger partial charge in [-0.1, -0.05) is 0 Å². The Labute approximate surface area is 149 Å². The number of thiophene rings is 1. The van der Waals surface area contributed by atoms with Crippen molar-refractivity contribution in [3.63, 3.8) is 0 Å². The largest absolute Gasteiger partial charge is 0.493 e. The number of methoxy groups -OCH3 is 2. The minimum atomic E-state index is 0.673. The average molecular weight is 354 g/mol. The van der Waals surface area contributed by atoms with Gasteiger partial charge in [0.05, 0.1) is 25.8 Å². The first kappa shape index (κ1) is 15.8. The highest BCUT2D eigenvalue weighted by Crippen LogP contribution is 2.39. The summed E-state index contributed by atoms with van der Waals surface area (Å²) in [6.07, 6.45) is 6.77. The standard InChI is InChI=1S/C18H18N4O2S/c1-23-13-7-6-11(8-14(13)24-2)9-21-22-17-16-12-4-3-5-15(12)25-18(16)20-10-19-17/h6-10H,3-5H2,1-2H3,(H,19,20,22)/b21-9-. The molecular formula is C18H18N4O2S. The molecule has 0 amide bonds. The van der Waals surface area contributed by atoms with Gasteiger partial charge in [0.1, 0.15) is 11.2 Å². The minimum Gasteiger partial charge on any atom is -0.493 e. The van der Waals surface area contributed by atoms with Crippen molar-refractivity contribution in [2.75, 3.05) is 19.6 Å². The van der Waals surface area contributed by atoms with Crippen LogP contribution in [0.25, 0.3) is 10.2 Å². The van der Waals surface area contributed by atoms with E-state index in [4.69, 9.17) is 9.47 Å². The maximum Gasteiger partial charge on any atom is 0.161 e. The van der Waals surface area contributed by atoms with E-state index < -0.39 is 0 Å².